The van der Waals surface area contributed by atoms with Gasteiger partial charge in [0.2, 0.25) is 0 Å². The Balaban J connectivity index is 0.00000234. The van der Waals surface area contributed by atoms with Gasteiger partial charge < -0.3 is 24.8 Å². The second-order valence-corrected chi connectivity index (χ2v) is 23.2. The van der Waals surface area contributed by atoms with Crippen LogP contribution in [0.4, 0.5) is 0 Å². The third kappa shape index (κ3) is 5.99. The van der Waals surface area contributed by atoms with Gasteiger partial charge in [0.15, 0.2) is 0 Å². The molecule has 49 heavy (non-hydrogen) atoms. The first kappa shape index (κ1) is 38.6. The van der Waals surface area contributed by atoms with E-state index < -0.39 is 8.07 Å². The Morgan fingerprint density at radius 2 is 1.27 bits per heavy atom. The van der Waals surface area contributed by atoms with Crippen molar-refractivity contribution in [2.45, 2.75) is 95.8 Å². The minimum Gasteiger partial charge on any atom is -1.00 e. The molecule has 7 rings (SSSR count). The average Bonchev–Trinajstić information content (AvgIpc) is 3.55. The van der Waals surface area contributed by atoms with Crippen LogP contribution in [-0.4, -0.2) is 8.07 Å². The molecule has 2 bridgehead atoms. The number of hydrogen-bond donors (Lipinski definition) is 0. The number of fused-ring (bicyclic) bond motifs is 2. The van der Waals surface area contributed by atoms with Crippen molar-refractivity contribution in [3.8, 4) is 22.3 Å². The van der Waals surface area contributed by atoms with Gasteiger partial charge in [-0.05, 0) is 5.41 Å². The molecule has 2 aliphatic carbocycles. The Hall–Kier alpha value is -1.67. The van der Waals surface area contributed by atoms with Crippen LogP contribution in [0.3, 0.4) is 0 Å². The summed E-state index contributed by atoms with van der Waals surface area (Å²) < 4.78 is 0.521. The summed E-state index contributed by atoms with van der Waals surface area (Å²) in [4.78, 5) is 0. The number of rotatable bonds is 4. The van der Waals surface area contributed by atoms with E-state index >= 15 is 0 Å². The van der Waals surface area contributed by atoms with E-state index in [0.717, 1.165) is 5.02 Å². The molecule has 0 nitrogen and oxygen atoms in total. The van der Waals surface area contributed by atoms with Gasteiger partial charge in [0, 0.05) is 0 Å². The molecule has 0 saturated heterocycles. The summed E-state index contributed by atoms with van der Waals surface area (Å²) in [5.74, 6) is 0.722. The van der Waals surface area contributed by atoms with E-state index in [4.69, 9.17) is 11.6 Å². The predicted octanol–water partition coefficient (Wildman–Crippen LogP) is 6.31. The number of hydrogen-bond acceptors (Lipinski definition) is 0. The average molecular weight is 803 g/mol. The Bertz CT molecular complexity index is 2020. The summed E-state index contributed by atoms with van der Waals surface area (Å²) in [5.41, 5.74) is 18.8. The first-order chi connectivity index (χ1) is 21.9. The maximum Gasteiger partial charge on any atom is -1.00 e. The monoisotopic (exact) mass is 799 g/mol. The van der Waals surface area contributed by atoms with E-state index in [1.165, 1.54) is 55.6 Å². The Morgan fingerprint density at radius 1 is 0.735 bits per heavy atom. The van der Waals surface area contributed by atoms with Crippen molar-refractivity contribution in [3.63, 3.8) is 0 Å². The molecule has 1 heterocycles. The van der Waals surface area contributed by atoms with Crippen molar-refractivity contribution < 1.29 is 49.5 Å². The summed E-state index contributed by atoms with van der Waals surface area (Å²) in [6.45, 7) is 26.2. The molecular weight excluding hydrogens is 754 g/mol. The topological polar surface area (TPSA) is 0 Å². The molecular formula is C44H48Cl3SiZr. The molecule has 0 fully saturated rings. The molecule has 2 atom stereocenters. The van der Waals surface area contributed by atoms with Crippen molar-refractivity contribution in [1.29, 1.82) is 0 Å². The third-order valence-corrected chi connectivity index (χ3v) is 16.6. The van der Waals surface area contributed by atoms with Crippen molar-refractivity contribution in [3.05, 3.63) is 122 Å². The minimum absolute atomic E-state index is 0. The Labute approximate surface area is 328 Å². The van der Waals surface area contributed by atoms with Crippen LogP contribution < -0.4 is 30.0 Å². The van der Waals surface area contributed by atoms with E-state index in [-0.39, 0.29) is 41.6 Å². The van der Waals surface area contributed by atoms with Gasteiger partial charge in [-0.15, -0.1) is 0 Å². The second-order valence-electron chi connectivity index (χ2n) is 17.1. The predicted molar refractivity (Wildman–Crippen MR) is 203 cm³/mol. The number of benzene rings is 4. The first-order valence-electron chi connectivity index (χ1n) is 17.3. The zero-order valence-electron chi connectivity index (χ0n) is 30.8. The maximum absolute atomic E-state index is 7.27. The van der Waals surface area contributed by atoms with Gasteiger partial charge in [0.05, 0.1) is 0 Å². The van der Waals surface area contributed by atoms with Gasteiger partial charge in [0.1, 0.15) is 0 Å². The molecule has 253 valence electrons. The van der Waals surface area contributed by atoms with Crippen LogP contribution in [0.1, 0.15) is 111 Å². The SMILES string of the molecule is CC1=Cc2c(-c3ccc(C(C)(C)C)cc3)ccc(Cl)c2C1c1cc2c3c(-c4ccc(C(C)(C)C)cc4)c1[Si](C)(C)C3=C(C(C)C)[CH]2[Zr+2].[Cl-].[Cl-]. The van der Waals surface area contributed by atoms with Crippen LogP contribution in [0.15, 0.2) is 77.9 Å². The fourth-order valence-corrected chi connectivity index (χ4v) is 15.3. The minimum atomic E-state index is -2.05. The van der Waals surface area contributed by atoms with Gasteiger partial charge in [-0.2, -0.15) is 0 Å². The molecule has 0 radical (unpaired) electrons. The van der Waals surface area contributed by atoms with Crippen LogP contribution in [-0.2, 0) is 35.5 Å². The van der Waals surface area contributed by atoms with E-state index in [2.05, 4.69) is 148 Å². The van der Waals surface area contributed by atoms with E-state index in [0.29, 0.717) is 9.54 Å². The van der Waals surface area contributed by atoms with Crippen LogP contribution in [0.2, 0.25) is 18.1 Å². The summed E-state index contributed by atoms with van der Waals surface area (Å²) in [6, 6.07) is 25.8. The maximum atomic E-state index is 7.27. The normalized spacial score (nSPS) is 18.8. The fourth-order valence-electron chi connectivity index (χ4n) is 8.83. The Morgan fingerprint density at radius 3 is 1.78 bits per heavy atom. The van der Waals surface area contributed by atoms with Crippen LogP contribution in [0.5, 0.6) is 0 Å². The molecule has 4 aromatic rings. The van der Waals surface area contributed by atoms with Crippen molar-refractivity contribution >= 4 is 36.1 Å². The summed E-state index contributed by atoms with van der Waals surface area (Å²) >= 11 is 8.87. The van der Waals surface area contributed by atoms with Crippen molar-refractivity contribution in [2.24, 2.45) is 5.92 Å². The summed E-state index contributed by atoms with van der Waals surface area (Å²) in [5, 5.41) is 4.26. The molecule has 4 aromatic carbocycles. The van der Waals surface area contributed by atoms with Crippen molar-refractivity contribution in [2.75, 3.05) is 0 Å². The van der Waals surface area contributed by atoms with Gasteiger partial charge in [-0.1, -0.05) is 20.8 Å². The molecule has 0 saturated carbocycles. The number of allylic oxidation sites excluding steroid dienone is 2. The van der Waals surface area contributed by atoms with Gasteiger partial charge in [0.25, 0.3) is 0 Å². The second kappa shape index (κ2) is 13.1. The molecule has 5 heteroatoms. The smallest absolute Gasteiger partial charge is 1.00 e. The molecule has 0 N–H and O–H groups in total. The molecule has 3 aliphatic rings. The van der Waals surface area contributed by atoms with Gasteiger partial charge in [-0.25, -0.2) is 0 Å². The largest absolute Gasteiger partial charge is 1.00 e. The summed E-state index contributed by atoms with van der Waals surface area (Å²) in [7, 11) is -2.05. The molecule has 2 unspecified atom stereocenters. The third-order valence-electron chi connectivity index (χ3n) is 11.2. The van der Waals surface area contributed by atoms with Gasteiger partial charge in [-0.3, -0.25) is 0 Å². The zero-order chi connectivity index (χ0) is 34.0. The molecule has 1 aliphatic heterocycles. The van der Waals surface area contributed by atoms with Gasteiger partial charge >= 0.3 is 280 Å². The molecule has 0 aromatic heterocycles. The van der Waals surface area contributed by atoms with Crippen molar-refractivity contribution in [1.82, 2.24) is 0 Å². The van der Waals surface area contributed by atoms with E-state index in [9.17, 15) is 0 Å². The zero-order valence-corrected chi connectivity index (χ0v) is 36.5. The first-order valence-corrected chi connectivity index (χ1v) is 22.1. The quantitative estimate of drug-likeness (QED) is 0.213. The fraction of sp³-hybridized carbons (Fsp3) is 0.364. The summed E-state index contributed by atoms with van der Waals surface area (Å²) in [6.07, 6.45) is 2.44. The van der Waals surface area contributed by atoms with Crippen LogP contribution in [0, 0.1) is 5.92 Å². The Kier molecular flexibility index (Phi) is 10.3. The van der Waals surface area contributed by atoms with Crippen LogP contribution >= 0.6 is 11.6 Å². The molecule has 0 amide bonds. The van der Waals surface area contributed by atoms with Crippen LogP contribution in [0.25, 0.3) is 33.5 Å². The standard InChI is InChI=1S/C44H48ClSi.2ClH.Zr/c1-25(2)33-23-29-24-35(42-38(39(29)41(33)46(42,10)11)28-14-18-31(19-15-28)44(7,8)9)37-26(3)22-34-32(20-21-36(45)40(34)37)27-12-16-30(17-13-27)43(4,5)6;;;/h12-25,37H,1-11H3;2*1H;/q;;;+2/p-2. The molecule has 0 spiro atoms. The van der Waals surface area contributed by atoms with E-state index in [1.807, 2.05) is 0 Å². The number of halogens is 3. The van der Waals surface area contributed by atoms with E-state index in [1.54, 1.807) is 51.8 Å².